The third-order valence-electron chi connectivity index (χ3n) is 4.85. The van der Waals surface area contributed by atoms with Gasteiger partial charge >= 0.3 is 5.97 Å². The molecule has 2 atom stereocenters. The molecule has 86 valence electrons. The molecule has 15 heavy (non-hydrogen) atoms. The SMILES string of the molecule is CC1(C)CCC[C@]2(C(=O)O)CCCC[C@@H]12. The van der Waals surface area contributed by atoms with Gasteiger partial charge in [-0.05, 0) is 37.0 Å². The van der Waals surface area contributed by atoms with E-state index < -0.39 is 5.97 Å². The Morgan fingerprint density at radius 1 is 1.13 bits per heavy atom. The quantitative estimate of drug-likeness (QED) is 0.719. The van der Waals surface area contributed by atoms with Gasteiger partial charge in [0, 0.05) is 0 Å². The van der Waals surface area contributed by atoms with Crippen LogP contribution in [0.1, 0.15) is 58.8 Å². The van der Waals surface area contributed by atoms with Gasteiger partial charge < -0.3 is 5.11 Å². The highest BCUT2D eigenvalue weighted by atomic mass is 16.4. The van der Waals surface area contributed by atoms with Gasteiger partial charge in [-0.2, -0.15) is 0 Å². The molecule has 0 aromatic rings. The van der Waals surface area contributed by atoms with Gasteiger partial charge in [0.1, 0.15) is 0 Å². The van der Waals surface area contributed by atoms with Crippen LogP contribution in [0.25, 0.3) is 0 Å². The molecule has 2 rings (SSSR count). The van der Waals surface area contributed by atoms with Gasteiger partial charge in [0.15, 0.2) is 0 Å². The molecule has 2 nitrogen and oxygen atoms in total. The Morgan fingerprint density at radius 2 is 1.80 bits per heavy atom. The summed E-state index contributed by atoms with van der Waals surface area (Å²) in [7, 11) is 0. The highest BCUT2D eigenvalue weighted by Gasteiger charge is 2.54. The van der Waals surface area contributed by atoms with E-state index in [0.29, 0.717) is 5.92 Å². The Bertz CT molecular complexity index is 266. The largest absolute Gasteiger partial charge is 0.481 e. The number of hydrogen-bond acceptors (Lipinski definition) is 1. The van der Waals surface area contributed by atoms with E-state index in [1.54, 1.807) is 0 Å². The fourth-order valence-electron chi connectivity index (χ4n) is 4.07. The summed E-state index contributed by atoms with van der Waals surface area (Å²) in [5, 5.41) is 9.56. The molecular weight excluding hydrogens is 188 g/mol. The van der Waals surface area contributed by atoms with Crippen molar-refractivity contribution >= 4 is 5.97 Å². The van der Waals surface area contributed by atoms with Gasteiger partial charge in [-0.3, -0.25) is 4.79 Å². The summed E-state index contributed by atoms with van der Waals surface area (Å²) < 4.78 is 0. The van der Waals surface area contributed by atoms with Crippen LogP contribution in [0, 0.1) is 16.7 Å². The molecule has 0 unspecified atom stereocenters. The van der Waals surface area contributed by atoms with Crippen LogP contribution in [0.15, 0.2) is 0 Å². The maximum Gasteiger partial charge on any atom is 0.309 e. The molecule has 2 fully saturated rings. The van der Waals surface area contributed by atoms with Gasteiger partial charge in [0.05, 0.1) is 5.41 Å². The minimum Gasteiger partial charge on any atom is -0.481 e. The van der Waals surface area contributed by atoms with Crippen molar-refractivity contribution in [3.63, 3.8) is 0 Å². The fraction of sp³-hybridized carbons (Fsp3) is 0.923. The lowest BCUT2D eigenvalue weighted by atomic mass is 9.51. The Labute approximate surface area is 92.1 Å². The standard InChI is InChI=1S/C13H22O2/c1-12(2)7-5-9-13(11(14)15)8-4-3-6-10(12)13/h10H,3-9H2,1-2H3,(H,14,15)/t10-,13+/m0/s1. The Hall–Kier alpha value is -0.530. The molecule has 0 radical (unpaired) electrons. The first kappa shape index (κ1) is 11.0. The molecule has 0 spiro atoms. The van der Waals surface area contributed by atoms with E-state index in [1.165, 1.54) is 12.8 Å². The van der Waals surface area contributed by atoms with Crippen molar-refractivity contribution in [1.29, 1.82) is 0 Å². The van der Waals surface area contributed by atoms with Crippen LogP contribution in [0.3, 0.4) is 0 Å². The van der Waals surface area contributed by atoms with Crippen molar-refractivity contribution in [1.82, 2.24) is 0 Å². The van der Waals surface area contributed by atoms with Gasteiger partial charge in [0.25, 0.3) is 0 Å². The van der Waals surface area contributed by atoms with Crippen molar-refractivity contribution in [2.24, 2.45) is 16.7 Å². The molecule has 2 aliphatic carbocycles. The van der Waals surface area contributed by atoms with Crippen molar-refractivity contribution in [3.8, 4) is 0 Å². The molecule has 1 N–H and O–H groups in total. The van der Waals surface area contributed by atoms with Crippen molar-refractivity contribution < 1.29 is 9.90 Å². The topological polar surface area (TPSA) is 37.3 Å². The number of carboxylic acids is 1. The Kier molecular flexibility index (Phi) is 2.56. The molecule has 0 heterocycles. The number of hydrogen-bond donors (Lipinski definition) is 1. The monoisotopic (exact) mass is 210 g/mol. The van der Waals surface area contributed by atoms with Crippen LogP contribution in [-0.2, 0) is 4.79 Å². The van der Waals surface area contributed by atoms with Crippen LogP contribution in [0.4, 0.5) is 0 Å². The summed E-state index contributed by atoms with van der Waals surface area (Å²) >= 11 is 0. The average molecular weight is 210 g/mol. The van der Waals surface area contributed by atoms with Crippen LogP contribution < -0.4 is 0 Å². The Morgan fingerprint density at radius 3 is 2.40 bits per heavy atom. The minimum atomic E-state index is -0.528. The lowest BCUT2D eigenvalue weighted by Gasteiger charge is -2.52. The van der Waals surface area contributed by atoms with Crippen molar-refractivity contribution in [2.45, 2.75) is 58.8 Å². The first-order valence-corrected chi connectivity index (χ1v) is 6.22. The molecule has 0 aromatic carbocycles. The van der Waals surface area contributed by atoms with E-state index in [2.05, 4.69) is 13.8 Å². The second kappa shape index (κ2) is 3.50. The van der Waals surface area contributed by atoms with Crippen LogP contribution >= 0.6 is 0 Å². The minimum absolute atomic E-state index is 0.233. The number of aliphatic carboxylic acids is 1. The summed E-state index contributed by atoms with van der Waals surface area (Å²) in [5.41, 5.74) is -0.142. The summed E-state index contributed by atoms with van der Waals surface area (Å²) in [4.78, 5) is 11.6. The highest BCUT2D eigenvalue weighted by Crippen LogP contribution is 2.57. The third kappa shape index (κ3) is 1.58. The van der Waals surface area contributed by atoms with E-state index in [4.69, 9.17) is 0 Å². The normalized spacial score (nSPS) is 39.5. The molecule has 0 bridgehead atoms. The molecule has 0 saturated heterocycles. The molecular formula is C13H22O2. The smallest absolute Gasteiger partial charge is 0.309 e. The second-order valence-electron chi connectivity index (χ2n) is 6.10. The lowest BCUT2D eigenvalue weighted by molar-refractivity contribution is -0.165. The maximum atomic E-state index is 11.6. The van der Waals surface area contributed by atoms with Gasteiger partial charge in [-0.25, -0.2) is 0 Å². The summed E-state index contributed by atoms with van der Waals surface area (Å²) in [5.74, 6) is -0.120. The second-order valence-corrected chi connectivity index (χ2v) is 6.10. The van der Waals surface area contributed by atoms with E-state index in [0.717, 1.165) is 32.1 Å². The van der Waals surface area contributed by atoms with Gasteiger partial charge in [-0.15, -0.1) is 0 Å². The Balaban J connectivity index is 2.34. The third-order valence-corrected chi connectivity index (χ3v) is 4.85. The summed E-state index contributed by atoms with van der Waals surface area (Å²) in [6.45, 7) is 4.53. The average Bonchev–Trinajstić information content (AvgIpc) is 2.17. The molecule has 2 aliphatic rings. The number of rotatable bonds is 1. The van der Waals surface area contributed by atoms with Crippen molar-refractivity contribution in [2.75, 3.05) is 0 Å². The first-order valence-electron chi connectivity index (χ1n) is 6.22. The van der Waals surface area contributed by atoms with Crippen LogP contribution in [0.5, 0.6) is 0 Å². The zero-order valence-corrected chi connectivity index (χ0v) is 9.88. The van der Waals surface area contributed by atoms with Crippen molar-refractivity contribution in [3.05, 3.63) is 0 Å². The first-order chi connectivity index (χ1) is 6.99. The van der Waals surface area contributed by atoms with Gasteiger partial charge in [-0.1, -0.05) is 33.1 Å². The lowest BCUT2D eigenvalue weighted by Crippen LogP contribution is -2.50. The number of carbonyl (C=O) groups is 1. The predicted molar refractivity (Wildman–Crippen MR) is 59.7 cm³/mol. The van der Waals surface area contributed by atoms with E-state index >= 15 is 0 Å². The number of fused-ring (bicyclic) bond motifs is 1. The summed E-state index contributed by atoms with van der Waals surface area (Å²) in [6, 6.07) is 0. The zero-order valence-electron chi connectivity index (χ0n) is 9.88. The zero-order chi connectivity index (χ0) is 11.1. The van der Waals surface area contributed by atoms with Crippen LogP contribution in [0.2, 0.25) is 0 Å². The predicted octanol–water partition coefficient (Wildman–Crippen LogP) is 3.46. The fourth-order valence-corrected chi connectivity index (χ4v) is 4.07. The van der Waals surface area contributed by atoms with Crippen LogP contribution in [-0.4, -0.2) is 11.1 Å². The molecule has 0 aliphatic heterocycles. The van der Waals surface area contributed by atoms with E-state index in [1.807, 2.05) is 0 Å². The number of carboxylic acid groups (broad SMARTS) is 1. The molecule has 2 saturated carbocycles. The highest BCUT2D eigenvalue weighted by molar-refractivity contribution is 5.75. The summed E-state index contributed by atoms with van der Waals surface area (Å²) in [6.07, 6.45) is 7.58. The molecule has 0 amide bonds. The van der Waals surface area contributed by atoms with E-state index in [9.17, 15) is 9.90 Å². The maximum absolute atomic E-state index is 11.6. The van der Waals surface area contributed by atoms with Gasteiger partial charge in [0.2, 0.25) is 0 Å². The van der Waals surface area contributed by atoms with E-state index in [-0.39, 0.29) is 10.8 Å². The molecule has 2 heteroatoms. The molecule has 0 aromatic heterocycles.